The zero-order chi connectivity index (χ0) is 11.8. The highest BCUT2D eigenvalue weighted by Crippen LogP contribution is 2.29. The number of rotatable bonds is 2. The average Bonchev–Trinajstić information content (AvgIpc) is 2.53. The summed E-state index contributed by atoms with van der Waals surface area (Å²) in [7, 11) is 0. The lowest BCUT2D eigenvalue weighted by molar-refractivity contribution is 0.105. The van der Waals surface area contributed by atoms with Crippen molar-refractivity contribution in [2.45, 2.75) is 38.8 Å². The summed E-state index contributed by atoms with van der Waals surface area (Å²) in [6, 6.07) is 1.88. The Bertz CT molecular complexity index is 394. The van der Waals surface area contributed by atoms with Crippen molar-refractivity contribution in [2.24, 2.45) is 0 Å². The molecule has 1 aliphatic heterocycles. The molecule has 1 fully saturated rings. The van der Waals surface area contributed by atoms with Crippen LogP contribution in [-0.2, 0) is 4.74 Å². The zero-order valence-corrected chi connectivity index (χ0v) is 10.1. The summed E-state index contributed by atoms with van der Waals surface area (Å²) in [5, 5.41) is 3.42. The van der Waals surface area contributed by atoms with Gasteiger partial charge in [0.2, 0.25) is 0 Å². The normalized spacial score (nSPS) is 29.3. The van der Waals surface area contributed by atoms with Crippen molar-refractivity contribution in [3.63, 3.8) is 0 Å². The van der Waals surface area contributed by atoms with Gasteiger partial charge in [0.05, 0.1) is 11.6 Å². The molecule has 2 unspecified atom stereocenters. The zero-order valence-electron chi connectivity index (χ0n) is 10.1. The molecule has 2 heterocycles. The van der Waals surface area contributed by atoms with Gasteiger partial charge in [0.1, 0.15) is 5.82 Å². The third-order valence-electron chi connectivity index (χ3n) is 3.44. The molecule has 1 aliphatic rings. The number of nitrogen functional groups attached to an aromatic ring is 1. The van der Waals surface area contributed by atoms with Gasteiger partial charge in [0.15, 0.2) is 0 Å². The van der Waals surface area contributed by atoms with E-state index in [0.29, 0.717) is 0 Å². The Hall–Kier alpha value is -1.29. The fourth-order valence-electron chi connectivity index (χ4n) is 1.90. The second-order valence-electron chi connectivity index (χ2n) is 4.73. The number of pyridine rings is 1. The van der Waals surface area contributed by atoms with E-state index in [4.69, 9.17) is 10.5 Å². The van der Waals surface area contributed by atoms with Gasteiger partial charge < -0.3 is 15.8 Å². The van der Waals surface area contributed by atoms with E-state index in [2.05, 4.69) is 24.1 Å². The lowest BCUT2D eigenvalue weighted by Gasteiger charge is -2.29. The van der Waals surface area contributed by atoms with Crippen LogP contribution in [0.25, 0.3) is 0 Å². The smallest absolute Gasteiger partial charge is 0.128 e. The lowest BCUT2D eigenvalue weighted by atomic mass is 9.95. The van der Waals surface area contributed by atoms with Crippen molar-refractivity contribution in [3.8, 4) is 0 Å². The van der Waals surface area contributed by atoms with Gasteiger partial charge >= 0.3 is 0 Å². The van der Waals surface area contributed by atoms with Crippen molar-refractivity contribution in [1.82, 2.24) is 4.98 Å². The summed E-state index contributed by atoms with van der Waals surface area (Å²) in [5.41, 5.74) is 7.59. The monoisotopic (exact) mass is 221 g/mol. The first-order chi connectivity index (χ1) is 7.51. The number of aryl methyl sites for hydroxylation is 1. The first-order valence-electron chi connectivity index (χ1n) is 5.63. The molecule has 0 amide bonds. The summed E-state index contributed by atoms with van der Waals surface area (Å²) >= 11 is 0. The van der Waals surface area contributed by atoms with E-state index in [9.17, 15) is 0 Å². The van der Waals surface area contributed by atoms with E-state index in [1.54, 1.807) is 6.20 Å². The molecular weight excluding hydrogens is 202 g/mol. The summed E-state index contributed by atoms with van der Waals surface area (Å²) in [6.45, 7) is 6.99. The molecule has 2 rings (SSSR count). The quantitative estimate of drug-likeness (QED) is 0.801. The average molecular weight is 221 g/mol. The maximum atomic E-state index is 5.86. The van der Waals surface area contributed by atoms with Gasteiger partial charge in [-0.3, -0.25) is 0 Å². The van der Waals surface area contributed by atoms with Gasteiger partial charge in [-0.05, 0) is 32.8 Å². The van der Waals surface area contributed by atoms with E-state index < -0.39 is 0 Å². The Morgan fingerprint density at radius 2 is 2.38 bits per heavy atom. The molecule has 4 heteroatoms. The summed E-state index contributed by atoms with van der Waals surface area (Å²) in [5.74, 6) is 0.822. The molecule has 1 aromatic heterocycles. The number of nitrogens with two attached hydrogens (primary N) is 1. The van der Waals surface area contributed by atoms with Crippen LogP contribution in [0.3, 0.4) is 0 Å². The highest BCUT2D eigenvalue weighted by Gasteiger charge is 2.37. The Labute approximate surface area is 96.2 Å². The minimum atomic E-state index is -0.0469. The van der Waals surface area contributed by atoms with Crippen molar-refractivity contribution >= 4 is 11.5 Å². The van der Waals surface area contributed by atoms with Crippen LogP contribution in [0, 0.1) is 6.92 Å². The molecule has 16 heavy (non-hydrogen) atoms. The van der Waals surface area contributed by atoms with Gasteiger partial charge in [0.25, 0.3) is 0 Å². The second-order valence-corrected chi connectivity index (χ2v) is 4.73. The van der Waals surface area contributed by atoms with Crippen LogP contribution in [0.1, 0.15) is 25.8 Å². The van der Waals surface area contributed by atoms with Crippen LogP contribution in [0.15, 0.2) is 12.3 Å². The van der Waals surface area contributed by atoms with E-state index in [1.807, 2.05) is 13.0 Å². The molecule has 0 bridgehead atoms. The number of anilines is 2. The SMILES string of the molecule is Cc1cnc(NC2(C)CCOC2C)cc1N. The minimum absolute atomic E-state index is 0.0469. The second kappa shape index (κ2) is 3.94. The Morgan fingerprint density at radius 3 is 2.94 bits per heavy atom. The standard InChI is InChI=1S/C12H19N3O/c1-8-7-14-11(6-10(8)13)15-12(3)4-5-16-9(12)2/h6-7,9H,4-5H2,1-3H3,(H3,13,14,15). The third-order valence-corrected chi connectivity index (χ3v) is 3.44. The van der Waals surface area contributed by atoms with E-state index in [0.717, 1.165) is 30.1 Å². The highest BCUT2D eigenvalue weighted by molar-refractivity contribution is 5.54. The lowest BCUT2D eigenvalue weighted by Crippen LogP contribution is -2.41. The minimum Gasteiger partial charge on any atom is -0.398 e. The van der Waals surface area contributed by atoms with Crippen molar-refractivity contribution < 1.29 is 4.74 Å². The summed E-state index contributed by atoms with van der Waals surface area (Å²) in [6.07, 6.45) is 2.97. The van der Waals surface area contributed by atoms with Gasteiger partial charge in [0, 0.05) is 24.6 Å². The fraction of sp³-hybridized carbons (Fsp3) is 0.583. The number of aromatic nitrogens is 1. The predicted molar refractivity (Wildman–Crippen MR) is 65.4 cm³/mol. The molecule has 0 saturated carbocycles. The molecule has 0 aliphatic carbocycles. The molecule has 0 aromatic carbocycles. The van der Waals surface area contributed by atoms with Gasteiger partial charge in [-0.15, -0.1) is 0 Å². The number of hydrogen-bond donors (Lipinski definition) is 2. The Kier molecular flexibility index (Phi) is 2.76. The highest BCUT2D eigenvalue weighted by atomic mass is 16.5. The molecule has 2 atom stereocenters. The van der Waals surface area contributed by atoms with E-state index >= 15 is 0 Å². The largest absolute Gasteiger partial charge is 0.398 e. The van der Waals surface area contributed by atoms with Crippen molar-refractivity contribution in [2.75, 3.05) is 17.7 Å². The van der Waals surface area contributed by atoms with Crippen LogP contribution in [-0.4, -0.2) is 23.2 Å². The maximum absolute atomic E-state index is 5.86. The van der Waals surface area contributed by atoms with Crippen LogP contribution in [0.4, 0.5) is 11.5 Å². The molecule has 0 radical (unpaired) electrons. The summed E-state index contributed by atoms with van der Waals surface area (Å²) < 4.78 is 5.57. The molecule has 88 valence electrons. The van der Waals surface area contributed by atoms with Crippen LogP contribution >= 0.6 is 0 Å². The predicted octanol–water partition coefficient (Wildman–Crippen LogP) is 1.95. The first-order valence-corrected chi connectivity index (χ1v) is 5.63. The third kappa shape index (κ3) is 1.97. The molecule has 1 aromatic rings. The van der Waals surface area contributed by atoms with Gasteiger partial charge in [-0.25, -0.2) is 4.98 Å². The first kappa shape index (κ1) is 11.2. The van der Waals surface area contributed by atoms with Gasteiger partial charge in [-0.1, -0.05) is 0 Å². The molecule has 3 N–H and O–H groups in total. The Balaban J connectivity index is 2.17. The fourth-order valence-corrected chi connectivity index (χ4v) is 1.90. The Morgan fingerprint density at radius 1 is 1.62 bits per heavy atom. The van der Waals surface area contributed by atoms with Crippen LogP contribution < -0.4 is 11.1 Å². The maximum Gasteiger partial charge on any atom is 0.128 e. The molecule has 1 saturated heterocycles. The topological polar surface area (TPSA) is 60.2 Å². The number of nitrogens with one attached hydrogen (secondary N) is 1. The number of nitrogens with zero attached hydrogens (tertiary/aromatic N) is 1. The molecular formula is C12H19N3O. The number of hydrogen-bond acceptors (Lipinski definition) is 4. The molecule has 4 nitrogen and oxygen atoms in total. The molecule has 0 spiro atoms. The van der Waals surface area contributed by atoms with E-state index in [-0.39, 0.29) is 11.6 Å². The van der Waals surface area contributed by atoms with Crippen LogP contribution in [0.2, 0.25) is 0 Å². The van der Waals surface area contributed by atoms with E-state index in [1.165, 1.54) is 0 Å². The van der Waals surface area contributed by atoms with Gasteiger partial charge in [-0.2, -0.15) is 0 Å². The number of ether oxygens (including phenoxy) is 1. The summed E-state index contributed by atoms with van der Waals surface area (Å²) in [4.78, 5) is 4.34. The van der Waals surface area contributed by atoms with Crippen molar-refractivity contribution in [3.05, 3.63) is 17.8 Å². The van der Waals surface area contributed by atoms with Crippen LogP contribution in [0.5, 0.6) is 0 Å². The van der Waals surface area contributed by atoms with Crippen molar-refractivity contribution in [1.29, 1.82) is 0 Å².